The van der Waals surface area contributed by atoms with Crippen LogP contribution in [0.4, 0.5) is 4.39 Å². The number of imidazole rings is 2. The molecular formula is C17H16FN5O2. The molecule has 0 saturated heterocycles. The minimum atomic E-state index is -0.318. The van der Waals surface area contributed by atoms with Crippen molar-refractivity contribution >= 4 is 16.9 Å². The van der Waals surface area contributed by atoms with E-state index in [2.05, 4.69) is 15.0 Å². The molecule has 0 amide bonds. The van der Waals surface area contributed by atoms with Crippen LogP contribution >= 0.6 is 0 Å². The van der Waals surface area contributed by atoms with E-state index in [0.717, 1.165) is 12.0 Å². The van der Waals surface area contributed by atoms with Crippen LogP contribution in [0, 0.1) is 5.82 Å². The summed E-state index contributed by atoms with van der Waals surface area (Å²) in [6, 6.07) is 6.00. The fraction of sp³-hybridized carbons (Fsp3) is 0.235. The van der Waals surface area contributed by atoms with E-state index in [4.69, 9.17) is 5.11 Å². The van der Waals surface area contributed by atoms with Gasteiger partial charge >= 0.3 is 0 Å². The Labute approximate surface area is 141 Å². The van der Waals surface area contributed by atoms with Gasteiger partial charge in [-0.15, -0.1) is 0 Å². The number of H-pyrrole nitrogens is 1. The number of halogens is 1. The van der Waals surface area contributed by atoms with Crippen LogP contribution < -0.4 is 5.56 Å². The van der Waals surface area contributed by atoms with E-state index in [0.29, 0.717) is 35.6 Å². The van der Waals surface area contributed by atoms with E-state index in [1.165, 1.54) is 16.5 Å². The Bertz CT molecular complexity index is 1090. The number of hydrogen-bond acceptors (Lipinski definition) is 4. The van der Waals surface area contributed by atoms with Gasteiger partial charge in [-0.05, 0) is 42.7 Å². The molecule has 2 N–H and O–H groups in total. The number of rotatable bonds is 5. The molecule has 7 nitrogen and oxygen atoms in total. The van der Waals surface area contributed by atoms with Crippen LogP contribution in [0.25, 0.3) is 28.2 Å². The van der Waals surface area contributed by atoms with Gasteiger partial charge in [0.2, 0.25) is 5.78 Å². The molecule has 128 valence electrons. The molecule has 0 saturated carbocycles. The number of nitrogens with zero attached hydrogens (tertiary/aromatic N) is 4. The minimum Gasteiger partial charge on any atom is -0.396 e. The number of benzene rings is 1. The van der Waals surface area contributed by atoms with Gasteiger partial charge in [0.15, 0.2) is 11.2 Å². The Morgan fingerprint density at radius 1 is 1.20 bits per heavy atom. The molecule has 0 bridgehead atoms. The van der Waals surface area contributed by atoms with Crippen molar-refractivity contribution in [2.24, 2.45) is 0 Å². The van der Waals surface area contributed by atoms with Crippen LogP contribution in [0.3, 0.4) is 0 Å². The number of aromatic nitrogens is 5. The van der Waals surface area contributed by atoms with Crippen LogP contribution in [0.1, 0.15) is 12.8 Å². The first-order valence-electron chi connectivity index (χ1n) is 8.00. The molecule has 4 rings (SSSR count). The van der Waals surface area contributed by atoms with Crippen molar-refractivity contribution in [2.45, 2.75) is 19.4 Å². The largest absolute Gasteiger partial charge is 0.396 e. The lowest BCUT2D eigenvalue weighted by atomic mass is 10.2. The van der Waals surface area contributed by atoms with Crippen LogP contribution in [-0.2, 0) is 6.54 Å². The Hall–Kier alpha value is -3.00. The topological polar surface area (TPSA) is 88.2 Å². The Balaban J connectivity index is 1.81. The quantitative estimate of drug-likeness (QED) is 0.543. The van der Waals surface area contributed by atoms with Crippen molar-refractivity contribution in [3.05, 3.63) is 53.0 Å². The molecule has 0 unspecified atom stereocenters. The van der Waals surface area contributed by atoms with E-state index in [1.54, 1.807) is 24.7 Å². The summed E-state index contributed by atoms with van der Waals surface area (Å²) in [6.07, 6.45) is 4.69. The van der Waals surface area contributed by atoms with E-state index >= 15 is 0 Å². The number of fused-ring (bicyclic) bond motifs is 2. The highest BCUT2D eigenvalue weighted by Gasteiger charge is 2.14. The van der Waals surface area contributed by atoms with Crippen molar-refractivity contribution in [3.63, 3.8) is 0 Å². The SMILES string of the molecule is O=c1c2ncn(CCCCO)c2nc2[nH]c(-c3ccc(F)cc3)cn12. The summed E-state index contributed by atoms with van der Waals surface area (Å²) < 4.78 is 16.3. The summed E-state index contributed by atoms with van der Waals surface area (Å²) in [5, 5.41) is 8.90. The molecule has 0 aliphatic rings. The second kappa shape index (κ2) is 6.14. The standard InChI is InChI=1S/C17H16FN5O2/c18-12-5-3-11(4-6-12)13-9-23-16(25)14-15(21-17(23)20-13)22(10-19-14)7-1-2-8-24/h3-6,9-10,24H,1-2,7-8H2,(H,20,21). The molecule has 0 atom stereocenters. The van der Waals surface area contributed by atoms with E-state index in [9.17, 15) is 9.18 Å². The first kappa shape index (κ1) is 15.5. The molecule has 3 heterocycles. The Kier molecular flexibility index (Phi) is 3.81. The number of unbranched alkanes of at least 4 members (excludes halogenated alkanes) is 1. The van der Waals surface area contributed by atoms with E-state index in [-0.39, 0.29) is 18.0 Å². The van der Waals surface area contributed by atoms with Gasteiger partial charge in [0.05, 0.1) is 12.0 Å². The lowest BCUT2D eigenvalue weighted by Crippen LogP contribution is -2.14. The lowest BCUT2D eigenvalue weighted by Gasteiger charge is -2.02. The van der Waals surface area contributed by atoms with Gasteiger partial charge in [0.1, 0.15) is 5.82 Å². The number of aliphatic hydroxyl groups is 1. The third kappa shape index (κ3) is 2.70. The van der Waals surface area contributed by atoms with Crippen molar-refractivity contribution in [1.82, 2.24) is 23.9 Å². The summed E-state index contributed by atoms with van der Waals surface area (Å²) in [7, 11) is 0. The number of nitrogens with one attached hydrogen (secondary N) is 1. The molecule has 0 radical (unpaired) electrons. The zero-order chi connectivity index (χ0) is 17.4. The van der Waals surface area contributed by atoms with Crippen LogP contribution in [-0.4, -0.2) is 35.6 Å². The smallest absolute Gasteiger partial charge is 0.287 e. The molecule has 0 fully saturated rings. The van der Waals surface area contributed by atoms with Crippen molar-refractivity contribution < 1.29 is 9.50 Å². The van der Waals surface area contributed by atoms with Crippen LogP contribution in [0.2, 0.25) is 0 Å². The first-order valence-corrected chi connectivity index (χ1v) is 8.00. The van der Waals surface area contributed by atoms with Gasteiger partial charge in [-0.1, -0.05) is 0 Å². The van der Waals surface area contributed by atoms with Gasteiger partial charge in [0, 0.05) is 19.3 Å². The van der Waals surface area contributed by atoms with Crippen LogP contribution in [0.5, 0.6) is 0 Å². The molecular weight excluding hydrogens is 325 g/mol. The number of aliphatic hydroxyl groups excluding tert-OH is 1. The summed E-state index contributed by atoms with van der Waals surface area (Å²) >= 11 is 0. The normalized spacial score (nSPS) is 11.6. The highest BCUT2D eigenvalue weighted by atomic mass is 19.1. The Morgan fingerprint density at radius 3 is 2.76 bits per heavy atom. The molecule has 4 aromatic rings. The first-order chi connectivity index (χ1) is 12.2. The average molecular weight is 341 g/mol. The molecule has 1 aromatic carbocycles. The maximum atomic E-state index is 13.1. The summed E-state index contributed by atoms with van der Waals surface area (Å²) in [5.41, 5.74) is 1.98. The van der Waals surface area contributed by atoms with E-state index in [1.807, 2.05) is 4.57 Å². The minimum absolute atomic E-state index is 0.130. The molecule has 0 aliphatic carbocycles. The number of hydrogen-bond donors (Lipinski definition) is 2. The molecule has 3 aromatic heterocycles. The maximum Gasteiger partial charge on any atom is 0.287 e. The maximum absolute atomic E-state index is 13.1. The van der Waals surface area contributed by atoms with Crippen molar-refractivity contribution in [2.75, 3.05) is 6.61 Å². The van der Waals surface area contributed by atoms with Gasteiger partial charge in [-0.3, -0.25) is 4.79 Å². The third-order valence-electron chi connectivity index (χ3n) is 4.14. The average Bonchev–Trinajstić information content (AvgIpc) is 3.21. The highest BCUT2D eigenvalue weighted by molar-refractivity contribution is 5.73. The number of aromatic amines is 1. The zero-order valence-corrected chi connectivity index (χ0v) is 13.3. The highest BCUT2D eigenvalue weighted by Crippen LogP contribution is 2.19. The number of aryl methyl sites for hydroxylation is 1. The fourth-order valence-corrected chi connectivity index (χ4v) is 2.83. The fourth-order valence-electron chi connectivity index (χ4n) is 2.83. The summed E-state index contributed by atoms with van der Waals surface area (Å²) in [4.78, 5) is 24.4. The molecule has 0 aliphatic heterocycles. The third-order valence-corrected chi connectivity index (χ3v) is 4.14. The van der Waals surface area contributed by atoms with Crippen molar-refractivity contribution in [1.29, 1.82) is 0 Å². The molecule has 8 heteroatoms. The monoisotopic (exact) mass is 341 g/mol. The molecule has 25 heavy (non-hydrogen) atoms. The second-order valence-corrected chi connectivity index (χ2v) is 5.83. The van der Waals surface area contributed by atoms with E-state index < -0.39 is 0 Å². The lowest BCUT2D eigenvalue weighted by molar-refractivity contribution is 0.281. The zero-order valence-electron chi connectivity index (χ0n) is 13.3. The van der Waals surface area contributed by atoms with Gasteiger partial charge in [-0.25, -0.2) is 13.8 Å². The van der Waals surface area contributed by atoms with Crippen LogP contribution in [0.15, 0.2) is 41.6 Å². The predicted octanol–water partition coefficient (Wildman–Crippen LogP) is 1.95. The summed E-state index contributed by atoms with van der Waals surface area (Å²) in [5.74, 6) is 0.0859. The second-order valence-electron chi connectivity index (χ2n) is 5.83. The predicted molar refractivity (Wildman–Crippen MR) is 90.8 cm³/mol. The van der Waals surface area contributed by atoms with Crippen molar-refractivity contribution in [3.8, 4) is 11.3 Å². The van der Waals surface area contributed by atoms with Gasteiger partial charge < -0.3 is 14.7 Å². The Morgan fingerprint density at radius 2 is 2.00 bits per heavy atom. The summed E-state index contributed by atoms with van der Waals surface area (Å²) in [6.45, 7) is 0.760. The van der Waals surface area contributed by atoms with Gasteiger partial charge in [-0.2, -0.15) is 4.98 Å². The molecule has 0 spiro atoms. The van der Waals surface area contributed by atoms with Gasteiger partial charge in [0.25, 0.3) is 5.56 Å².